The fourth-order valence-electron chi connectivity index (χ4n) is 3.21. The van der Waals surface area contributed by atoms with Crippen molar-refractivity contribution in [3.8, 4) is 17.2 Å². The highest BCUT2D eigenvalue weighted by Gasteiger charge is 2.45. The Morgan fingerprint density at radius 1 is 1.12 bits per heavy atom. The number of rotatable bonds is 6. The van der Waals surface area contributed by atoms with E-state index >= 15 is 0 Å². The number of phenols is 1. The van der Waals surface area contributed by atoms with E-state index in [-0.39, 0.29) is 23.4 Å². The van der Waals surface area contributed by atoms with E-state index < -0.39 is 0 Å². The van der Waals surface area contributed by atoms with Gasteiger partial charge in [0.05, 0.1) is 25.5 Å². The lowest BCUT2D eigenvalue weighted by molar-refractivity contribution is 0.0962. The highest BCUT2D eigenvalue weighted by Crippen LogP contribution is 2.51. The molecule has 1 fully saturated rings. The fraction of sp³-hybridized carbons (Fsp3) is 0.350. The van der Waals surface area contributed by atoms with Crippen LogP contribution in [0.3, 0.4) is 0 Å². The summed E-state index contributed by atoms with van der Waals surface area (Å²) < 4.78 is 10.5. The maximum atomic E-state index is 12.9. The average molecular weight is 341 g/mol. The van der Waals surface area contributed by atoms with Gasteiger partial charge in [0.15, 0.2) is 5.78 Å². The Hall–Kier alpha value is -2.69. The molecule has 2 aromatic carbocycles. The normalized spacial score (nSPS) is 18.6. The molecular weight excluding hydrogens is 318 g/mol. The van der Waals surface area contributed by atoms with Crippen molar-refractivity contribution in [2.75, 3.05) is 33.2 Å². The topological polar surface area (TPSA) is 59.0 Å². The molecule has 0 spiro atoms. The van der Waals surface area contributed by atoms with E-state index in [4.69, 9.17) is 9.47 Å². The molecule has 2 atom stereocenters. The minimum absolute atomic E-state index is 0.0527. The van der Waals surface area contributed by atoms with E-state index in [1.807, 2.05) is 31.1 Å². The molecule has 0 bridgehead atoms. The number of carbonyl (C=O) groups excluding carboxylic acids is 1. The van der Waals surface area contributed by atoms with Gasteiger partial charge in [-0.25, -0.2) is 0 Å². The van der Waals surface area contributed by atoms with Gasteiger partial charge in [0, 0.05) is 20.0 Å². The van der Waals surface area contributed by atoms with Gasteiger partial charge >= 0.3 is 0 Å². The summed E-state index contributed by atoms with van der Waals surface area (Å²) in [5.41, 5.74) is 2.30. The second-order valence-corrected chi connectivity index (χ2v) is 6.52. The zero-order valence-electron chi connectivity index (χ0n) is 14.9. The van der Waals surface area contributed by atoms with Gasteiger partial charge in [0.2, 0.25) is 0 Å². The smallest absolute Gasteiger partial charge is 0.170 e. The van der Waals surface area contributed by atoms with Crippen molar-refractivity contribution in [1.82, 2.24) is 0 Å². The molecule has 1 aliphatic rings. The van der Waals surface area contributed by atoms with Crippen molar-refractivity contribution in [1.29, 1.82) is 0 Å². The van der Waals surface area contributed by atoms with Crippen LogP contribution in [0.25, 0.3) is 0 Å². The molecule has 1 saturated carbocycles. The number of methoxy groups -OCH3 is 2. The van der Waals surface area contributed by atoms with E-state index in [9.17, 15) is 9.90 Å². The van der Waals surface area contributed by atoms with E-state index in [0.29, 0.717) is 17.1 Å². The number of phenolic OH excluding ortho intramolecular Hbond substituents is 1. The summed E-state index contributed by atoms with van der Waals surface area (Å²) in [4.78, 5) is 14.7. The molecule has 2 aromatic rings. The number of aromatic hydroxyl groups is 1. The van der Waals surface area contributed by atoms with Crippen LogP contribution in [0.5, 0.6) is 17.2 Å². The maximum absolute atomic E-state index is 12.9. The molecule has 0 radical (unpaired) electrons. The molecule has 25 heavy (non-hydrogen) atoms. The van der Waals surface area contributed by atoms with E-state index in [1.165, 1.54) is 0 Å². The molecule has 132 valence electrons. The van der Waals surface area contributed by atoms with Crippen LogP contribution in [-0.2, 0) is 0 Å². The summed E-state index contributed by atoms with van der Waals surface area (Å²) in [6.07, 6.45) is 0.778. The minimum Gasteiger partial charge on any atom is -0.506 e. The second-order valence-electron chi connectivity index (χ2n) is 6.52. The van der Waals surface area contributed by atoms with Crippen molar-refractivity contribution >= 4 is 11.5 Å². The van der Waals surface area contributed by atoms with Crippen LogP contribution in [0.4, 0.5) is 5.69 Å². The summed E-state index contributed by atoms with van der Waals surface area (Å²) in [7, 11) is 6.90. The van der Waals surface area contributed by atoms with Gasteiger partial charge in [0.25, 0.3) is 0 Å². The lowest BCUT2D eigenvalue weighted by Crippen LogP contribution is -2.09. The first-order chi connectivity index (χ1) is 12.0. The van der Waals surface area contributed by atoms with Crippen LogP contribution >= 0.6 is 0 Å². The quantitative estimate of drug-likeness (QED) is 0.816. The van der Waals surface area contributed by atoms with Gasteiger partial charge in [-0.15, -0.1) is 0 Å². The zero-order chi connectivity index (χ0) is 18.1. The Morgan fingerprint density at radius 2 is 1.88 bits per heavy atom. The average Bonchev–Trinajstić information content (AvgIpc) is 3.40. The van der Waals surface area contributed by atoms with E-state index in [1.54, 1.807) is 38.5 Å². The number of anilines is 1. The van der Waals surface area contributed by atoms with Crippen LogP contribution in [-0.4, -0.2) is 39.2 Å². The summed E-state index contributed by atoms with van der Waals surface area (Å²) in [5.74, 6) is 1.52. The monoisotopic (exact) mass is 341 g/mol. The third kappa shape index (κ3) is 3.27. The predicted octanol–water partition coefficient (Wildman–Crippen LogP) is 3.46. The molecule has 3 rings (SSSR count). The number of ketones is 1. The Bertz CT molecular complexity index is 800. The Morgan fingerprint density at radius 3 is 2.48 bits per heavy atom. The number of Topliss-reactive ketones (excluding diaryl/α,β-unsaturated/α-hetero) is 1. The van der Waals surface area contributed by atoms with Crippen molar-refractivity contribution in [3.05, 3.63) is 47.5 Å². The Balaban J connectivity index is 1.82. The molecule has 0 aromatic heterocycles. The van der Waals surface area contributed by atoms with Crippen molar-refractivity contribution in [3.63, 3.8) is 0 Å². The third-order valence-electron chi connectivity index (χ3n) is 4.71. The SMILES string of the molecule is COc1ccc(OC)c(C(=O)C2CC2c2ccc(N(C)C)c(O)c2)c1. The first-order valence-electron chi connectivity index (χ1n) is 8.22. The molecule has 0 heterocycles. The van der Waals surface area contributed by atoms with Crippen molar-refractivity contribution in [2.24, 2.45) is 5.92 Å². The first-order valence-corrected chi connectivity index (χ1v) is 8.22. The Kier molecular flexibility index (Phi) is 4.57. The summed E-state index contributed by atoms with van der Waals surface area (Å²) >= 11 is 0. The van der Waals surface area contributed by atoms with Gasteiger partial charge in [0.1, 0.15) is 17.2 Å². The summed E-state index contributed by atoms with van der Waals surface area (Å²) in [6, 6.07) is 10.9. The Labute approximate surface area is 147 Å². The number of nitrogens with zero attached hydrogens (tertiary/aromatic N) is 1. The minimum atomic E-state index is -0.0920. The second kappa shape index (κ2) is 6.67. The lowest BCUT2D eigenvalue weighted by Gasteiger charge is -2.15. The van der Waals surface area contributed by atoms with Crippen LogP contribution in [0, 0.1) is 5.92 Å². The van der Waals surface area contributed by atoms with E-state index in [2.05, 4.69) is 0 Å². The number of hydrogen-bond donors (Lipinski definition) is 1. The maximum Gasteiger partial charge on any atom is 0.170 e. The molecule has 0 amide bonds. The molecule has 2 unspecified atom stereocenters. The van der Waals surface area contributed by atoms with Gasteiger partial charge in [-0.05, 0) is 48.2 Å². The van der Waals surface area contributed by atoms with Crippen LogP contribution in [0.1, 0.15) is 28.3 Å². The summed E-state index contributed by atoms with van der Waals surface area (Å²) in [5, 5.41) is 10.2. The number of benzene rings is 2. The number of ether oxygens (including phenoxy) is 2. The first kappa shape index (κ1) is 17.1. The molecular formula is C20H23NO4. The highest BCUT2D eigenvalue weighted by atomic mass is 16.5. The van der Waals surface area contributed by atoms with Gasteiger partial charge < -0.3 is 19.5 Å². The van der Waals surface area contributed by atoms with E-state index in [0.717, 1.165) is 17.7 Å². The molecule has 1 N–H and O–H groups in total. The molecule has 5 heteroatoms. The largest absolute Gasteiger partial charge is 0.506 e. The molecule has 5 nitrogen and oxygen atoms in total. The fourth-order valence-corrected chi connectivity index (χ4v) is 3.21. The number of carbonyl (C=O) groups is 1. The zero-order valence-corrected chi connectivity index (χ0v) is 14.9. The third-order valence-corrected chi connectivity index (χ3v) is 4.71. The molecule has 0 aliphatic heterocycles. The van der Waals surface area contributed by atoms with Crippen LogP contribution in [0.2, 0.25) is 0 Å². The number of hydrogen-bond acceptors (Lipinski definition) is 5. The van der Waals surface area contributed by atoms with Crippen molar-refractivity contribution < 1.29 is 19.4 Å². The van der Waals surface area contributed by atoms with Crippen molar-refractivity contribution in [2.45, 2.75) is 12.3 Å². The lowest BCUT2D eigenvalue weighted by atomic mass is 10.0. The van der Waals surface area contributed by atoms with Crippen LogP contribution in [0.15, 0.2) is 36.4 Å². The van der Waals surface area contributed by atoms with Gasteiger partial charge in [-0.1, -0.05) is 6.07 Å². The molecule has 1 aliphatic carbocycles. The standard InChI is InChI=1S/C20H23NO4/c1-21(2)17-7-5-12(9-18(17)22)14-11-15(14)20(23)16-10-13(24-3)6-8-19(16)25-4/h5-10,14-15,22H,11H2,1-4H3. The summed E-state index contributed by atoms with van der Waals surface area (Å²) in [6.45, 7) is 0. The predicted molar refractivity (Wildman–Crippen MR) is 97.2 cm³/mol. The highest BCUT2D eigenvalue weighted by molar-refractivity contribution is 6.03. The molecule has 0 saturated heterocycles. The van der Waals surface area contributed by atoms with Crippen LogP contribution < -0.4 is 14.4 Å². The van der Waals surface area contributed by atoms with Gasteiger partial charge in [-0.2, -0.15) is 0 Å². The van der Waals surface area contributed by atoms with Gasteiger partial charge in [-0.3, -0.25) is 4.79 Å².